The van der Waals surface area contributed by atoms with Crippen molar-refractivity contribution in [3.05, 3.63) is 106 Å². The van der Waals surface area contributed by atoms with E-state index in [9.17, 15) is 28.0 Å². The molecule has 0 saturated heterocycles. The molecule has 0 bridgehead atoms. The van der Waals surface area contributed by atoms with Crippen LogP contribution < -0.4 is 10.9 Å². The molecule has 1 fully saturated rings. The van der Waals surface area contributed by atoms with Crippen molar-refractivity contribution in [1.29, 1.82) is 5.26 Å². The summed E-state index contributed by atoms with van der Waals surface area (Å²) in [6.07, 6.45) is 1.30. The topological polar surface area (TPSA) is 124 Å². The van der Waals surface area contributed by atoms with E-state index in [0.717, 1.165) is 35.4 Å². The molecular formula is C35H36F3N8O3+. The van der Waals surface area contributed by atoms with E-state index < -0.39 is 23.2 Å². The van der Waals surface area contributed by atoms with E-state index in [-0.39, 0.29) is 28.9 Å². The SMILES string of the molecule is Cn1c(-c2ccnn2-c2ccc(C#N)cc2)c(C(=O)N[C@H]2CC[C@H](c3ncc(C[N+](C)(C)C)o3)CC2)c(=O)n1-c1cccc(C(F)(F)F)c1. The molecule has 0 aliphatic heterocycles. The predicted octanol–water partition coefficient (Wildman–Crippen LogP) is 5.57. The first-order valence-corrected chi connectivity index (χ1v) is 15.8. The third-order valence-corrected chi connectivity index (χ3v) is 8.65. The maximum atomic E-state index is 14.1. The molecule has 0 atom stereocenters. The van der Waals surface area contributed by atoms with Gasteiger partial charge in [0.15, 0.2) is 11.7 Å². The van der Waals surface area contributed by atoms with E-state index in [4.69, 9.17) is 4.42 Å². The Hall–Kier alpha value is -5.42. The molecule has 254 valence electrons. The number of hydrogen-bond acceptors (Lipinski definition) is 6. The number of hydrogen-bond donors (Lipinski definition) is 1. The fourth-order valence-electron chi connectivity index (χ4n) is 6.37. The van der Waals surface area contributed by atoms with Gasteiger partial charge in [0, 0.05) is 19.0 Å². The van der Waals surface area contributed by atoms with E-state index in [1.54, 1.807) is 36.5 Å². The lowest BCUT2D eigenvalue weighted by Crippen LogP contribution is -2.39. The molecule has 1 aliphatic carbocycles. The van der Waals surface area contributed by atoms with Crippen LogP contribution in [0.5, 0.6) is 0 Å². The maximum absolute atomic E-state index is 14.1. The van der Waals surface area contributed by atoms with Gasteiger partial charge in [-0.25, -0.2) is 14.3 Å². The van der Waals surface area contributed by atoms with Crippen LogP contribution in [0.25, 0.3) is 22.8 Å². The first-order chi connectivity index (χ1) is 23.2. The number of carbonyl (C=O) groups is 1. The zero-order valence-corrected chi connectivity index (χ0v) is 27.5. The monoisotopic (exact) mass is 673 g/mol. The summed E-state index contributed by atoms with van der Waals surface area (Å²) < 4.78 is 51.7. The van der Waals surface area contributed by atoms with E-state index in [0.29, 0.717) is 46.7 Å². The summed E-state index contributed by atoms with van der Waals surface area (Å²) in [5.41, 5.74) is -0.474. The first kappa shape index (κ1) is 33.5. The van der Waals surface area contributed by atoms with Crippen molar-refractivity contribution in [3.63, 3.8) is 0 Å². The summed E-state index contributed by atoms with van der Waals surface area (Å²) in [5, 5.41) is 16.7. The van der Waals surface area contributed by atoms with Crippen LogP contribution in [0.4, 0.5) is 13.2 Å². The minimum absolute atomic E-state index is 0.0526. The number of aromatic nitrogens is 5. The molecule has 3 aromatic heterocycles. The van der Waals surface area contributed by atoms with Crippen molar-refractivity contribution < 1.29 is 26.9 Å². The number of rotatable bonds is 8. The zero-order valence-electron chi connectivity index (χ0n) is 27.5. The predicted molar refractivity (Wildman–Crippen MR) is 174 cm³/mol. The molecule has 1 amide bonds. The number of amides is 1. The molecule has 1 saturated carbocycles. The Morgan fingerprint density at radius 2 is 1.78 bits per heavy atom. The largest absolute Gasteiger partial charge is 0.439 e. The van der Waals surface area contributed by atoms with Gasteiger partial charge in [-0.1, -0.05) is 6.07 Å². The fraction of sp³-hybridized carbons (Fsp3) is 0.343. The number of nitriles is 1. The number of benzene rings is 2. The Morgan fingerprint density at radius 1 is 1.06 bits per heavy atom. The molecule has 14 heteroatoms. The molecule has 0 unspecified atom stereocenters. The number of nitrogens with one attached hydrogen (secondary N) is 1. The molecule has 3 heterocycles. The lowest BCUT2D eigenvalue weighted by molar-refractivity contribution is -0.884. The number of alkyl halides is 3. The van der Waals surface area contributed by atoms with Crippen molar-refractivity contribution in [2.24, 2.45) is 7.05 Å². The molecular weight excluding hydrogens is 637 g/mol. The van der Waals surface area contributed by atoms with Gasteiger partial charge in [0.2, 0.25) is 0 Å². The van der Waals surface area contributed by atoms with Gasteiger partial charge in [0.1, 0.15) is 17.8 Å². The summed E-state index contributed by atoms with van der Waals surface area (Å²) >= 11 is 0. The van der Waals surface area contributed by atoms with Gasteiger partial charge < -0.3 is 14.2 Å². The van der Waals surface area contributed by atoms with Crippen LogP contribution in [-0.2, 0) is 19.8 Å². The van der Waals surface area contributed by atoms with E-state index in [1.165, 1.54) is 34.7 Å². The van der Waals surface area contributed by atoms with Gasteiger partial charge in [-0.15, -0.1) is 0 Å². The van der Waals surface area contributed by atoms with Crippen LogP contribution >= 0.6 is 0 Å². The van der Waals surface area contributed by atoms with Crippen LogP contribution in [0.2, 0.25) is 0 Å². The average Bonchev–Trinajstić information content (AvgIpc) is 3.78. The Morgan fingerprint density at radius 3 is 2.43 bits per heavy atom. The highest BCUT2D eigenvalue weighted by molar-refractivity contribution is 6.00. The van der Waals surface area contributed by atoms with Crippen molar-refractivity contribution >= 4 is 5.91 Å². The van der Waals surface area contributed by atoms with Gasteiger partial charge in [0.05, 0.1) is 67.8 Å². The Balaban J connectivity index is 1.33. The number of nitrogens with zero attached hydrogens (tertiary/aromatic N) is 7. The quantitative estimate of drug-likeness (QED) is 0.215. The van der Waals surface area contributed by atoms with Crippen LogP contribution in [0, 0.1) is 11.3 Å². The van der Waals surface area contributed by atoms with Gasteiger partial charge in [-0.3, -0.25) is 14.3 Å². The summed E-state index contributed by atoms with van der Waals surface area (Å²) in [4.78, 5) is 32.7. The Labute approximate surface area is 280 Å². The molecule has 2 aromatic carbocycles. The lowest BCUT2D eigenvalue weighted by atomic mass is 9.86. The molecule has 11 nitrogen and oxygen atoms in total. The molecule has 5 aromatic rings. The second-order valence-electron chi connectivity index (χ2n) is 13.3. The summed E-state index contributed by atoms with van der Waals surface area (Å²) in [7, 11) is 7.73. The number of quaternary nitrogens is 1. The smallest absolute Gasteiger partial charge is 0.416 e. The minimum atomic E-state index is -4.64. The van der Waals surface area contributed by atoms with Gasteiger partial charge in [-0.05, 0) is 74.2 Å². The van der Waals surface area contributed by atoms with Gasteiger partial charge >= 0.3 is 6.18 Å². The highest BCUT2D eigenvalue weighted by Gasteiger charge is 2.34. The zero-order chi connectivity index (χ0) is 35.1. The first-order valence-electron chi connectivity index (χ1n) is 15.8. The second-order valence-corrected chi connectivity index (χ2v) is 13.3. The standard InChI is InChI=1S/C35H35F3N8O3/c1-43-31(29-16-17-41-44(29)26-14-8-22(19-39)9-15-26)30(34(48)45(43)27-7-5-6-24(18-27)35(36,37)38)32(47)42-25-12-10-23(11-13-25)33-40-20-28(49-33)21-46(2,3)4/h5-9,14-18,20,23,25H,10-13,21H2,1-4H3/p+1/t23-,25-. The fourth-order valence-corrected chi connectivity index (χ4v) is 6.37. The van der Waals surface area contributed by atoms with Crippen molar-refractivity contribution in [1.82, 2.24) is 29.4 Å². The Bertz CT molecular complexity index is 2080. The molecule has 0 spiro atoms. The Kier molecular flexibility index (Phi) is 8.81. The molecule has 0 radical (unpaired) electrons. The molecule has 6 rings (SSSR count). The van der Waals surface area contributed by atoms with Crippen LogP contribution in [0.1, 0.15) is 64.7 Å². The molecule has 49 heavy (non-hydrogen) atoms. The van der Waals surface area contributed by atoms with Gasteiger partial charge in [-0.2, -0.15) is 23.5 Å². The van der Waals surface area contributed by atoms with Crippen molar-refractivity contribution in [3.8, 4) is 28.8 Å². The maximum Gasteiger partial charge on any atom is 0.416 e. The minimum Gasteiger partial charge on any atom is -0.439 e. The van der Waals surface area contributed by atoms with E-state index >= 15 is 0 Å². The van der Waals surface area contributed by atoms with Crippen LogP contribution in [-0.4, -0.2) is 61.7 Å². The van der Waals surface area contributed by atoms with Gasteiger partial charge in [0.25, 0.3) is 11.5 Å². The number of carbonyl (C=O) groups excluding carboxylic acids is 1. The van der Waals surface area contributed by atoms with Crippen LogP contribution in [0.15, 0.2) is 76.2 Å². The van der Waals surface area contributed by atoms with Crippen LogP contribution in [0.3, 0.4) is 0 Å². The average molecular weight is 674 g/mol. The summed E-state index contributed by atoms with van der Waals surface area (Å²) in [6.45, 7) is 0.708. The summed E-state index contributed by atoms with van der Waals surface area (Å²) in [5.74, 6) is 0.950. The normalized spacial score (nSPS) is 16.8. The summed E-state index contributed by atoms with van der Waals surface area (Å²) in [6, 6.07) is 14.4. The molecule has 1 N–H and O–H groups in total. The lowest BCUT2D eigenvalue weighted by Gasteiger charge is -2.27. The second kappa shape index (κ2) is 12.9. The third kappa shape index (κ3) is 6.93. The van der Waals surface area contributed by atoms with E-state index in [2.05, 4.69) is 42.6 Å². The van der Waals surface area contributed by atoms with Crippen molar-refractivity contribution in [2.75, 3.05) is 21.1 Å². The third-order valence-electron chi connectivity index (χ3n) is 8.65. The van der Waals surface area contributed by atoms with E-state index in [1.807, 2.05) is 0 Å². The number of halogens is 3. The van der Waals surface area contributed by atoms with Crippen molar-refractivity contribution in [2.45, 2.75) is 50.4 Å². The number of oxazole rings is 1. The highest BCUT2D eigenvalue weighted by Crippen LogP contribution is 2.34. The molecule has 1 aliphatic rings. The highest BCUT2D eigenvalue weighted by atomic mass is 19.4.